The Morgan fingerprint density at radius 1 is 1.33 bits per heavy atom. The standard InChI is InChI=1S/C17H18N4O3/c1-11-4-6-12(7-5-11)15-8-13(20-24-15)9-18-16(22)14-10-21(2)19-17(14)23-3/h4-8,10H,9H2,1-3H3,(H,18,22). The van der Waals surface area contributed by atoms with E-state index in [0.29, 0.717) is 17.0 Å². The van der Waals surface area contributed by atoms with E-state index in [9.17, 15) is 4.79 Å². The number of ether oxygens (including phenoxy) is 1. The Balaban J connectivity index is 1.67. The highest BCUT2D eigenvalue weighted by molar-refractivity contribution is 5.96. The zero-order valence-electron chi connectivity index (χ0n) is 13.7. The Morgan fingerprint density at radius 2 is 2.08 bits per heavy atom. The second-order valence-electron chi connectivity index (χ2n) is 5.46. The number of methoxy groups -OCH3 is 1. The number of aromatic nitrogens is 3. The summed E-state index contributed by atoms with van der Waals surface area (Å²) in [7, 11) is 3.20. The molecule has 0 bridgehead atoms. The smallest absolute Gasteiger partial charge is 0.258 e. The topological polar surface area (TPSA) is 82.2 Å². The maximum absolute atomic E-state index is 12.2. The lowest BCUT2D eigenvalue weighted by molar-refractivity contribution is 0.0947. The first-order valence-corrected chi connectivity index (χ1v) is 7.45. The van der Waals surface area contributed by atoms with Gasteiger partial charge in [-0.2, -0.15) is 0 Å². The molecule has 1 N–H and O–H groups in total. The van der Waals surface area contributed by atoms with Crippen LogP contribution in [0.4, 0.5) is 0 Å². The van der Waals surface area contributed by atoms with Crippen LogP contribution in [-0.4, -0.2) is 28.0 Å². The van der Waals surface area contributed by atoms with E-state index in [0.717, 1.165) is 5.56 Å². The van der Waals surface area contributed by atoms with Crippen molar-refractivity contribution in [1.29, 1.82) is 0 Å². The molecule has 0 fully saturated rings. The lowest BCUT2D eigenvalue weighted by Gasteiger charge is -2.01. The molecule has 0 unspecified atom stereocenters. The summed E-state index contributed by atoms with van der Waals surface area (Å²) in [6, 6.07) is 9.77. The van der Waals surface area contributed by atoms with Crippen molar-refractivity contribution in [2.24, 2.45) is 7.05 Å². The van der Waals surface area contributed by atoms with Gasteiger partial charge in [-0.15, -0.1) is 5.10 Å². The molecule has 0 radical (unpaired) electrons. The van der Waals surface area contributed by atoms with Gasteiger partial charge >= 0.3 is 0 Å². The zero-order valence-corrected chi connectivity index (χ0v) is 13.7. The van der Waals surface area contributed by atoms with Crippen LogP contribution in [0.3, 0.4) is 0 Å². The summed E-state index contributed by atoms with van der Waals surface area (Å²) in [6.45, 7) is 2.28. The van der Waals surface area contributed by atoms with E-state index >= 15 is 0 Å². The molecule has 0 saturated carbocycles. The molecular weight excluding hydrogens is 308 g/mol. The number of carbonyl (C=O) groups excluding carboxylic acids is 1. The van der Waals surface area contributed by atoms with Gasteiger partial charge in [-0.25, -0.2) is 0 Å². The first-order chi connectivity index (χ1) is 11.6. The molecule has 0 atom stereocenters. The summed E-state index contributed by atoms with van der Waals surface area (Å²) in [6.07, 6.45) is 1.61. The number of amides is 1. The average Bonchev–Trinajstić information content (AvgIpc) is 3.19. The first kappa shape index (κ1) is 15.8. The van der Waals surface area contributed by atoms with Gasteiger partial charge in [-0.1, -0.05) is 35.0 Å². The van der Waals surface area contributed by atoms with Crippen molar-refractivity contribution in [2.45, 2.75) is 13.5 Å². The van der Waals surface area contributed by atoms with Crippen LogP contribution in [0.2, 0.25) is 0 Å². The number of carbonyl (C=O) groups is 1. The summed E-state index contributed by atoms with van der Waals surface area (Å²) in [5.41, 5.74) is 3.14. The summed E-state index contributed by atoms with van der Waals surface area (Å²) >= 11 is 0. The molecule has 24 heavy (non-hydrogen) atoms. The van der Waals surface area contributed by atoms with Crippen LogP contribution in [0, 0.1) is 6.92 Å². The van der Waals surface area contributed by atoms with Crippen molar-refractivity contribution in [3.05, 3.63) is 53.3 Å². The highest BCUT2D eigenvalue weighted by atomic mass is 16.5. The van der Waals surface area contributed by atoms with E-state index in [-0.39, 0.29) is 18.3 Å². The van der Waals surface area contributed by atoms with Crippen LogP contribution in [0.1, 0.15) is 21.6 Å². The molecule has 7 nitrogen and oxygen atoms in total. The Hall–Kier alpha value is -3.09. The first-order valence-electron chi connectivity index (χ1n) is 7.45. The summed E-state index contributed by atoms with van der Waals surface area (Å²) in [5, 5.41) is 10.8. The van der Waals surface area contributed by atoms with Crippen molar-refractivity contribution in [3.8, 4) is 17.2 Å². The normalized spacial score (nSPS) is 10.6. The number of hydrogen-bond acceptors (Lipinski definition) is 5. The van der Waals surface area contributed by atoms with Crippen LogP contribution in [0.25, 0.3) is 11.3 Å². The van der Waals surface area contributed by atoms with Gasteiger partial charge in [0.15, 0.2) is 5.76 Å². The van der Waals surface area contributed by atoms with Gasteiger partial charge in [0.2, 0.25) is 5.88 Å². The lowest BCUT2D eigenvalue weighted by atomic mass is 10.1. The molecule has 0 aliphatic heterocycles. The third-order valence-corrected chi connectivity index (χ3v) is 3.56. The van der Waals surface area contributed by atoms with Crippen LogP contribution in [0.15, 0.2) is 41.1 Å². The van der Waals surface area contributed by atoms with Gasteiger partial charge in [0.05, 0.1) is 13.7 Å². The Bertz CT molecular complexity index is 849. The number of nitrogens with zero attached hydrogens (tertiary/aromatic N) is 3. The fourth-order valence-electron chi connectivity index (χ4n) is 2.29. The SMILES string of the molecule is COc1nn(C)cc1C(=O)NCc1cc(-c2ccc(C)cc2)on1. The van der Waals surface area contributed by atoms with Crippen molar-refractivity contribution in [3.63, 3.8) is 0 Å². The van der Waals surface area contributed by atoms with Crippen LogP contribution in [0.5, 0.6) is 5.88 Å². The van der Waals surface area contributed by atoms with Gasteiger partial charge in [0, 0.05) is 24.9 Å². The third kappa shape index (κ3) is 3.29. The molecule has 7 heteroatoms. The molecule has 2 aromatic heterocycles. The van der Waals surface area contributed by atoms with Crippen LogP contribution in [-0.2, 0) is 13.6 Å². The molecule has 3 aromatic rings. The molecule has 0 aliphatic rings. The van der Waals surface area contributed by atoms with Crippen molar-refractivity contribution >= 4 is 5.91 Å². The van der Waals surface area contributed by atoms with E-state index in [1.165, 1.54) is 17.4 Å². The van der Waals surface area contributed by atoms with E-state index in [2.05, 4.69) is 15.6 Å². The van der Waals surface area contributed by atoms with Crippen molar-refractivity contribution in [2.75, 3.05) is 7.11 Å². The van der Waals surface area contributed by atoms with Crippen LogP contribution >= 0.6 is 0 Å². The van der Waals surface area contributed by atoms with E-state index < -0.39 is 0 Å². The molecule has 0 aliphatic carbocycles. The van der Waals surface area contributed by atoms with Gasteiger partial charge in [0.25, 0.3) is 5.91 Å². The molecule has 0 spiro atoms. The maximum atomic E-state index is 12.2. The largest absolute Gasteiger partial charge is 0.479 e. The Labute approximate surface area is 139 Å². The summed E-state index contributed by atoms with van der Waals surface area (Å²) in [4.78, 5) is 12.2. The van der Waals surface area contributed by atoms with Gasteiger partial charge in [0.1, 0.15) is 11.3 Å². The van der Waals surface area contributed by atoms with Crippen molar-refractivity contribution < 1.29 is 14.1 Å². The van der Waals surface area contributed by atoms with E-state index in [1.54, 1.807) is 13.2 Å². The number of hydrogen-bond donors (Lipinski definition) is 1. The molecule has 3 rings (SSSR count). The summed E-state index contributed by atoms with van der Waals surface area (Å²) in [5.74, 6) is 0.675. The van der Waals surface area contributed by atoms with Crippen LogP contribution < -0.4 is 10.1 Å². The molecule has 0 saturated heterocycles. The van der Waals surface area contributed by atoms with Gasteiger partial charge < -0.3 is 14.6 Å². The fourth-order valence-corrected chi connectivity index (χ4v) is 2.29. The Kier molecular flexibility index (Phi) is 4.33. The molecule has 2 heterocycles. The predicted molar refractivity (Wildman–Crippen MR) is 87.6 cm³/mol. The number of aryl methyl sites for hydroxylation is 2. The van der Waals surface area contributed by atoms with Gasteiger partial charge in [-0.3, -0.25) is 9.48 Å². The maximum Gasteiger partial charge on any atom is 0.258 e. The fraction of sp³-hybridized carbons (Fsp3) is 0.235. The average molecular weight is 326 g/mol. The number of nitrogens with one attached hydrogen (secondary N) is 1. The van der Waals surface area contributed by atoms with E-state index in [1.807, 2.05) is 37.3 Å². The second kappa shape index (κ2) is 6.57. The van der Waals surface area contributed by atoms with Crippen molar-refractivity contribution in [1.82, 2.24) is 20.3 Å². The Morgan fingerprint density at radius 3 is 2.79 bits per heavy atom. The second-order valence-corrected chi connectivity index (χ2v) is 5.46. The molecule has 1 amide bonds. The number of rotatable bonds is 5. The minimum Gasteiger partial charge on any atom is -0.479 e. The highest BCUT2D eigenvalue weighted by Gasteiger charge is 2.16. The summed E-state index contributed by atoms with van der Waals surface area (Å²) < 4.78 is 11.9. The predicted octanol–water partition coefficient (Wildman–Crippen LogP) is 2.32. The minimum absolute atomic E-state index is 0.256. The molecular formula is C17H18N4O3. The highest BCUT2D eigenvalue weighted by Crippen LogP contribution is 2.21. The zero-order chi connectivity index (χ0) is 17.1. The van der Waals surface area contributed by atoms with E-state index in [4.69, 9.17) is 9.26 Å². The monoisotopic (exact) mass is 326 g/mol. The quantitative estimate of drug-likeness (QED) is 0.778. The molecule has 1 aromatic carbocycles. The molecule has 124 valence electrons. The third-order valence-electron chi connectivity index (χ3n) is 3.56. The minimum atomic E-state index is -0.278. The number of benzene rings is 1. The lowest BCUT2D eigenvalue weighted by Crippen LogP contribution is -2.23. The van der Waals surface area contributed by atoms with Gasteiger partial charge in [-0.05, 0) is 6.92 Å².